The van der Waals surface area contributed by atoms with Crippen LogP contribution in [0, 0.1) is 0 Å². The van der Waals surface area contributed by atoms with Gasteiger partial charge in [-0.3, -0.25) is 4.68 Å². The second-order valence-electron chi connectivity index (χ2n) is 5.34. The van der Waals surface area contributed by atoms with Gasteiger partial charge in [0.25, 0.3) is 0 Å². The molecule has 0 bridgehead atoms. The standard InChI is InChI=1S/C15H20BrN5/c1-3-9-21-11(7-8-18-21)14-19-13(10-5-6-10)12(16)15(20-14)17-4-2/h7-8,10H,3-6,9H2,1-2H3,(H,17,19,20). The summed E-state index contributed by atoms with van der Waals surface area (Å²) in [7, 11) is 0. The molecule has 112 valence electrons. The first-order chi connectivity index (χ1) is 10.2. The van der Waals surface area contributed by atoms with Gasteiger partial charge >= 0.3 is 0 Å². The summed E-state index contributed by atoms with van der Waals surface area (Å²) in [6, 6.07) is 1.99. The van der Waals surface area contributed by atoms with Gasteiger partial charge in [-0.1, -0.05) is 6.92 Å². The third kappa shape index (κ3) is 2.95. The van der Waals surface area contributed by atoms with Crippen molar-refractivity contribution >= 4 is 21.7 Å². The van der Waals surface area contributed by atoms with Crippen LogP contribution in [0.5, 0.6) is 0 Å². The minimum absolute atomic E-state index is 0.570. The van der Waals surface area contributed by atoms with E-state index in [-0.39, 0.29) is 0 Å². The minimum atomic E-state index is 0.570. The molecular weight excluding hydrogens is 330 g/mol. The lowest BCUT2D eigenvalue weighted by molar-refractivity contribution is 0.606. The van der Waals surface area contributed by atoms with Crippen molar-refractivity contribution in [3.63, 3.8) is 0 Å². The molecule has 2 heterocycles. The first-order valence-electron chi connectivity index (χ1n) is 7.58. The normalized spacial score (nSPS) is 14.4. The predicted octanol–water partition coefficient (Wildman–Crippen LogP) is 3.82. The molecule has 0 spiro atoms. The number of hydrogen-bond donors (Lipinski definition) is 1. The lowest BCUT2D eigenvalue weighted by Crippen LogP contribution is -2.08. The maximum absolute atomic E-state index is 4.80. The minimum Gasteiger partial charge on any atom is -0.369 e. The highest BCUT2D eigenvalue weighted by molar-refractivity contribution is 9.10. The summed E-state index contributed by atoms with van der Waals surface area (Å²) in [5.74, 6) is 2.22. The average Bonchev–Trinajstić information content (AvgIpc) is 3.21. The quantitative estimate of drug-likeness (QED) is 0.861. The van der Waals surface area contributed by atoms with Crippen LogP contribution in [0.3, 0.4) is 0 Å². The van der Waals surface area contributed by atoms with Crippen LogP contribution in [0.2, 0.25) is 0 Å². The Morgan fingerprint density at radius 3 is 2.81 bits per heavy atom. The van der Waals surface area contributed by atoms with E-state index in [2.05, 4.69) is 45.2 Å². The molecule has 0 saturated heterocycles. The van der Waals surface area contributed by atoms with Gasteiger partial charge in [0.1, 0.15) is 11.5 Å². The van der Waals surface area contributed by atoms with Crippen molar-refractivity contribution in [1.82, 2.24) is 19.7 Å². The Morgan fingerprint density at radius 2 is 2.14 bits per heavy atom. The molecule has 1 fully saturated rings. The molecule has 0 aromatic carbocycles. The van der Waals surface area contributed by atoms with Crippen molar-refractivity contribution in [1.29, 1.82) is 0 Å². The molecule has 6 heteroatoms. The molecule has 1 aliphatic rings. The van der Waals surface area contributed by atoms with E-state index in [1.807, 2.05) is 16.9 Å². The zero-order valence-corrected chi connectivity index (χ0v) is 14.0. The lowest BCUT2D eigenvalue weighted by atomic mass is 10.2. The molecule has 2 aromatic rings. The van der Waals surface area contributed by atoms with Crippen molar-refractivity contribution in [3.05, 3.63) is 22.4 Å². The third-order valence-electron chi connectivity index (χ3n) is 3.57. The summed E-state index contributed by atoms with van der Waals surface area (Å²) in [6.45, 7) is 5.95. The fourth-order valence-corrected chi connectivity index (χ4v) is 3.04. The van der Waals surface area contributed by atoms with Crippen LogP contribution in [0.4, 0.5) is 5.82 Å². The monoisotopic (exact) mass is 349 g/mol. The van der Waals surface area contributed by atoms with E-state index in [9.17, 15) is 0 Å². The van der Waals surface area contributed by atoms with Crippen LogP contribution in [-0.4, -0.2) is 26.3 Å². The van der Waals surface area contributed by atoms with Crippen LogP contribution in [0.25, 0.3) is 11.5 Å². The van der Waals surface area contributed by atoms with Gasteiger partial charge in [0.2, 0.25) is 0 Å². The smallest absolute Gasteiger partial charge is 0.180 e. The summed E-state index contributed by atoms with van der Waals surface area (Å²) in [4.78, 5) is 9.49. The van der Waals surface area contributed by atoms with E-state index in [4.69, 9.17) is 4.98 Å². The van der Waals surface area contributed by atoms with Crippen LogP contribution in [0.15, 0.2) is 16.7 Å². The predicted molar refractivity (Wildman–Crippen MR) is 87.4 cm³/mol. The van der Waals surface area contributed by atoms with E-state index in [0.29, 0.717) is 5.92 Å². The average molecular weight is 350 g/mol. The number of hydrogen-bond acceptors (Lipinski definition) is 4. The molecule has 21 heavy (non-hydrogen) atoms. The highest BCUT2D eigenvalue weighted by atomic mass is 79.9. The third-order valence-corrected chi connectivity index (χ3v) is 4.35. The zero-order chi connectivity index (χ0) is 14.8. The Balaban J connectivity index is 2.06. The molecule has 0 atom stereocenters. The van der Waals surface area contributed by atoms with Crippen molar-refractivity contribution in [2.24, 2.45) is 0 Å². The molecule has 0 amide bonds. The van der Waals surface area contributed by atoms with Gasteiger partial charge in [0.15, 0.2) is 5.82 Å². The fraction of sp³-hybridized carbons (Fsp3) is 0.533. The molecule has 5 nitrogen and oxygen atoms in total. The van der Waals surface area contributed by atoms with Crippen molar-refractivity contribution in [2.75, 3.05) is 11.9 Å². The van der Waals surface area contributed by atoms with Crippen molar-refractivity contribution < 1.29 is 0 Å². The van der Waals surface area contributed by atoms with E-state index >= 15 is 0 Å². The lowest BCUT2D eigenvalue weighted by Gasteiger charge is -2.12. The summed E-state index contributed by atoms with van der Waals surface area (Å²) in [5.41, 5.74) is 2.12. The Kier molecular flexibility index (Phi) is 4.24. The topological polar surface area (TPSA) is 55.6 Å². The summed E-state index contributed by atoms with van der Waals surface area (Å²) >= 11 is 3.66. The molecule has 1 N–H and O–H groups in total. The van der Waals surface area contributed by atoms with Gasteiger partial charge in [-0.05, 0) is 48.2 Å². The van der Waals surface area contributed by atoms with Crippen molar-refractivity contribution in [3.8, 4) is 11.5 Å². The Morgan fingerprint density at radius 1 is 1.33 bits per heavy atom. The molecular formula is C15H20BrN5. The van der Waals surface area contributed by atoms with Gasteiger partial charge in [-0.15, -0.1) is 0 Å². The van der Waals surface area contributed by atoms with Crippen LogP contribution in [-0.2, 0) is 6.54 Å². The molecule has 0 aliphatic heterocycles. The maximum Gasteiger partial charge on any atom is 0.180 e. The van der Waals surface area contributed by atoms with Gasteiger partial charge in [-0.2, -0.15) is 5.10 Å². The second kappa shape index (κ2) is 6.13. The molecule has 1 aliphatic carbocycles. The molecule has 0 unspecified atom stereocenters. The van der Waals surface area contributed by atoms with E-state index in [0.717, 1.165) is 47.0 Å². The van der Waals surface area contributed by atoms with Crippen LogP contribution >= 0.6 is 15.9 Å². The number of aromatic nitrogens is 4. The Hall–Kier alpha value is -1.43. The zero-order valence-electron chi connectivity index (χ0n) is 12.4. The van der Waals surface area contributed by atoms with Crippen LogP contribution < -0.4 is 5.32 Å². The summed E-state index contributed by atoms with van der Waals surface area (Å²) < 4.78 is 2.99. The number of anilines is 1. The molecule has 0 radical (unpaired) electrons. The summed E-state index contributed by atoms with van der Waals surface area (Å²) in [6.07, 6.45) is 5.30. The Labute approximate surface area is 133 Å². The maximum atomic E-state index is 4.80. The number of aryl methyl sites for hydroxylation is 1. The van der Waals surface area contributed by atoms with E-state index in [1.54, 1.807) is 0 Å². The molecule has 3 rings (SSSR count). The summed E-state index contributed by atoms with van der Waals surface area (Å²) in [5, 5.41) is 7.70. The fourth-order valence-electron chi connectivity index (χ4n) is 2.40. The molecule has 2 aromatic heterocycles. The second-order valence-corrected chi connectivity index (χ2v) is 6.13. The number of halogens is 1. The number of nitrogens with zero attached hydrogens (tertiary/aromatic N) is 4. The van der Waals surface area contributed by atoms with Gasteiger partial charge < -0.3 is 5.32 Å². The van der Waals surface area contributed by atoms with Gasteiger partial charge in [-0.25, -0.2) is 9.97 Å². The van der Waals surface area contributed by atoms with Gasteiger partial charge in [0.05, 0.1) is 10.2 Å². The number of nitrogens with one attached hydrogen (secondary N) is 1. The van der Waals surface area contributed by atoms with Crippen molar-refractivity contribution in [2.45, 2.75) is 45.6 Å². The number of rotatable bonds is 6. The largest absolute Gasteiger partial charge is 0.369 e. The highest BCUT2D eigenvalue weighted by Crippen LogP contribution is 2.44. The highest BCUT2D eigenvalue weighted by Gasteiger charge is 2.30. The van der Waals surface area contributed by atoms with Gasteiger partial charge in [0, 0.05) is 25.2 Å². The first-order valence-corrected chi connectivity index (χ1v) is 8.37. The Bertz CT molecular complexity index is 633. The SMILES string of the molecule is CCCn1nccc1-c1nc(NCC)c(Br)c(C2CC2)n1. The van der Waals surface area contributed by atoms with E-state index in [1.165, 1.54) is 12.8 Å². The van der Waals surface area contributed by atoms with E-state index < -0.39 is 0 Å². The molecule has 1 saturated carbocycles. The van der Waals surface area contributed by atoms with Crippen LogP contribution in [0.1, 0.15) is 44.7 Å². The first kappa shape index (κ1) is 14.5.